The molecule has 7 heteroatoms. The highest BCUT2D eigenvalue weighted by Crippen LogP contribution is 2.16. The number of hydrogen-bond donors (Lipinski definition) is 3. The highest BCUT2D eigenvalue weighted by molar-refractivity contribution is 9.10. The summed E-state index contributed by atoms with van der Waals surface area (Å²) in [5, 5.41) is 2.98. The van der Waals surface area contributed by atoms with Crippen LogP contribution in [0.3, 0.4) is 0 Å². The second-order valence-corrected chi connectivity index (χ2v) is 6.21. The Morgan fingerprint density at radius 1 is 1.08 bits per heavy atom. The van der Waals surface area contributed by atoms with Gasteiger partial charge in [-0.1, -0.05) is 33.6 Å². The molecule has 0 bridgehead atoms. The lowest BCUT2D eigenvalue weighted by Gasteiger charge is -2.11. The Morgan fingerprint density at radius 3 is 2.54 bits per heavy atom. The Bertz CT molecular complexity index is 780. The summed E-state index contributed by atoms with van der Waals surface area (Å²) in [5.41, 5.74) is 7.25. The quantitative estimate of drug-likeness (QED) is 0.699. The van der Waals surface area contributed by atoms with Crippen LogP contribution in [0.2, 0.25) is 0 Å². The maximum absolute atomic E-state index is 13.6. The average Bonchev–Trinajstić information content (AvgIpc) is 2.54. The predicted molar refractivity (Wildman–Crippen MR) is 94.1 cm³/mol. The lowest BCUT2D eigenvalue weighted by Crippen LogP contribution is -2.44. The zero-order chi connectivity index (χ0) is 17.7. The molecule has 0 saturated heterocycles. The van der Waals surface area contributed by atoms with Crippen molar-refractivity contribution in [2.24, 2.45) is 0 Å². The lowest BCUT2D eigenvalue weighted by molar-refractivity contribution is -0.120. The molecule has 2 aromatic rings. The Morgan fingerprint density at radius 2 is 1.83 bits per heavy atom. The number of nitrogens with one attached hydrogen (secondary N) is 3. The van der Waals surface area contributed by atoms with Crippen molar-refractivity contribution in [1.82, 2.24) is 10.9 Å². The second-order valence-electron chi connectivity index (χ2n) is 5.30. The summed E-state index contributed by atoms with van der Waals surface area (Å²) in [6.45, 7) is 3.90. The molecule has 0 fully saturated rings. The average molecular weight is 394 g/mol. The summed E-state index contributed by atoms with van der Waals surface area (Å²) in [4.78, 5) is 23.7. The first-order chi connectivity index (χ1) is 11.4. The van der Waals surface area contributed by atoms with Crippen LogP contribution in [0.15, 0.2) is 40.9 Å². The third-order valence-corrected chi connectivity index (χ3v) is 3.80. The van der Waals surface area contributed by atoms with Gasteiger partial charge in [0.05, 0.1) is 12.1 Å². The van der Waals surface area contributed by atoms with Gasteiger partial charge in [-0.2, -0.15) is 0 Å². The van der Waals surface area contributed by atoms with Gasteiger partial charge in [0.25, 0.3) is 11.8 Å². The van der Waals surface area contributed by atoms with Crippen molar-refractivity contribution in [3.8, 4) is 0 Å². The largest absolute Gasteiger partial charge is 0.376 e. The van der Waals surface area contributed by atoms with Crippen molar-refractivity contribution in [1.29, 1.82) is 0 Å². The van der Waals surface area contributed by atoms with Crippen molar-refractivity contribution in [3.63, 3.8) is 0 Å². The van der Waals surface area contributed by atoms with E-state index in [4.69, 9.17) is 0 Å². The molecule has 0 saturated carbocycles. The monoisotopic (exact) mass is 393 g/mol. The third-order valence-electron chi connectivity index (χ3n) is 3.31. The van der Waals surface area contributed by atoms with Crippen LogP contribution in [0.5, 0.6) is 0 Å². The number of carbonyl (C=O) groups is 2. The predicted octanol–water partition coefficient (Wildman–Crippen LogP) is 3.08. The molecule has 126 valence electrons. The van der Waals surface area contributed by atoms with Crippen LogP contribution in [0, 0.1) is 19.7 Å². The van der Waals surface area contributed by atoms with E-state index in [1.165, 1.54) is 18.2 Å². The summed E-state index contributed by atoms with van der Waals surface area (Å²) in [6, 6.07) is 9.81. The fraction of sp³-hybridized carbons (Fsp3) is 0.176. The molecule has 0 heterocycles. The highest BCUT2D eigenvalue weighted by Gasteiger charge is 2.13. The molecule has 0 aliphatic rings. The molecule has 0 unspecified atom stereocenters. The van der Waals surface area contributed by atoms with E-state index in [0.29, 0.717) is 4.47 Å². The Labute approximate surface area is 147 Å². The van der Waals surface area contributed by atoms with E-state index in [0.717, 1.165) is 16.8 Å². The highest BCUT2D eigenvalue weighted by atomic mass is 79.9. The molecule has 3 N–H and O–H groups in total. The number of benzene rings is 2. The van der Waals surface area contributed by atoms with Crippen molar-refractivity contribution < 1.29 is 14.0 Å². The molecule has 0 aliphatic heterocycles. The summed E-state index contributed by atoms with van der Waals surface area (Å²) in [6.07, 6.45) is 0. The van der Waals surface area contributed by atoms with Gasteiger partial charge in [0, 0.05) is 10.2 Å². The van der Waals surface area contributed by atoms with Gasteiger partial charge >= 0.3 is 0 Å². The van der Waals surface area contributed by atoms with Gasteiger partial charge in [-0.05, 0) is 43.7 Å². The molecular weight excluding hydrogens is 377 g/mol. The van der Waals surface area contributed by atoms with Crippen molar-refractivity contribution in [2.75, 3.05) is 11.9 Å². The van der Waals surface area contributed by atoms with Gasteiger partial charge in [0.1, 0.15) is 5.82 Å². The fourth-order valence-electron chi connectivity index (χ4n) is 2.10. The third kappa shape index (κ3) is 4.79. The minimum Gasteiger partial charge on any atom is -0.376 e. The standard InChI is InChI=1S/C17H17BrFN3O2/c1-10-3-6-15(11(2)7-10)20-9-16(23)21-22-17(24)13-8-12(18)4-5-14(13)19/h3-8,20H,9H2,1-2H3,(H,21,23)(H,22,24). The number of halogens is 2. The first-order valence-electron chi connectivity index (χ1n) is 7.22. The van der Waals surface area contributed by atoms with Gasteiger partial charge < -0.3 is 5.32 Å². The first-order valence-corrected chi connectivity index (χ1v) is 8.01. The molecule has 5 nitrogen and oxygen atoms in total. The zero-order valence-electron chi connectivity index (χ0n) is 13.2. The first kappa shape index (κ1) is 17.9. The van der Waals surface area contributed by atoms with E-state index >= 15 is 0 Å². The summed E-state index contributed by atoms with van der Waals surface area (Å²) < 4.78 is 14.2. The number of hydrogen-bond acceptors (Lipinski definition) is 3. The molecular formula is C17H17BrFN3O2. The normalized spacial score (nSPS) is 10.2. The molecule has 0 aromatic heterocycles. The van der Waals surface area contributed by atoms with Gasteiger partial charge in [0.15, 0.2) is 0 Å². The number of carbonyl (C=O) groups excluding carboxylic acids is 2. The summed E-state index contributed by atoms with van der Waals surface area (Å²) >= 11 is 3.16. The van der Waals surface area contributed by atoms with Crippen molar-refractivity contribution >= 4 is 33.4 Å². The Balaban J connectivity index is 1.86. The van der Waals surface area contributed by atoms with Crippen LogP contribution < -0.4 is 16.2 Å². The van der Waals surface area contributed by atoms with Gasteiger partial charge in [-0.15, -0.1) is 0 Å². The zero-order valence-corrected chi connectivity index (χ0v) is 14.8. The van der Waals surface area contributed by atoms with E-state index in [1.807, 2.05) is 32.0 Å². The molecule has 0 atom stereocenters. The van der Waals surface area contributed by atoms with Crippen molar-refractivity contribution in [2.45, 2.75) is 13.8 Å². The van der Waals surface area contributed by atoms with Crippen LogP contribution in [-0.2, 0) is 4.79 Å². The smallest absolute Gasteiger partial charge is 0.272 e. The van der Waals surface area contributed by atoms with Gasteiger partial charge in [0.2, 0.25) is 0 Å². The van der Waals surface area contributed by atoms with Crippen LogP contribution in [0.25, 0.3) is 0 Å². The Kier molecular flexibility index (Phi) is 5.92. The van der Waals surface area contributed by atoms with Crippen LogP contribution in [0.1, 0.15) is 21.5 Å². The van der Waals surface area contributed by atoms with E-state index in [9.17, 15) is 14.0 Å². The minimum absolute atomic E-state index is 0.0227. The van der Waals surface area contributed by atoms with E-state index in [-0.39, 0.29) is 12.1 Å². The van der Waals surface area contributed by atoms with Crippen LogP contribution >= 0.6 is 15.9 Å². The van der Waals surface area contributed by atoms with Crippen molar-refractivity contribution in [3.05, 3.63) is 63.4 Å². The number of aryl methyl sites for hydroxylation is 2. The summed E-state index contributed by atoms with van der Waals surface area (Å²) in [5.74, 6) is -1.84. The SMILES string of the molecule is Cc1ccc(NCC(=O)NNC(=O)c2cc(Br)ccc2F)c(C)c1. The Hall–Kier alpha value is -2.41. The minimum atomic E-state index is -0.728. The van der Waals surface area contributed by atoms with Crippen LogP contribution in [-0.4, -0.2) is 18.4 Å². The summed E-state index contributed by atoms with van der Waals surface area (Å²) in [7, 11) is 0. The molecule has 2 rings (SSSR count). The molecule has 24 heavy (non-hydrogen) atoms. The molecule has 0 aliphatic carbocycles. The van der Waals surface area contributed by atoms with Gasteiger partial charge in [-0.25, -0.2) is 4.39 Å². The maximum atomic E-state index is 13.6. The lowest BCUT2D eigenvalue weighted by atomic mass is 10.1. The number of anilines is 1. The molecule has 2 amide bonds. The molecule has 2 aromatic carbocycles. The van der Waals surface area contributed by atoms with E-state index in [2.05, 4.69) is 32.1 Å². The second kappa shape index (κ2) is 7.92. The van der Waals surface area contributed by atoms with E-state index < -0.39 is 17.6 Å². The topological polar surface area (TPSA) is 70.2 Å². The number of hydrazine groups is 1. The fourth-order valence-corrected chi connectivity index (χ4v) is 2.46. The molecule has 0 radical (unpaired) electrons. The number of rotatable bonds is 4. The van der Waals surface area contributed by atoms with Gasteiger partial charge in [-0.3, -0.25) is 20.4 Å². The van der Waals surface area contributed by atoms with Crippen LogP contribution in [0.4, 0.5) is 10.1 Å². The maximum Gasteiger partial charge on any atom is 0.272 e. The number of amides is 2. The van der Waals surface area contributed by atoms with E-state index in [1.54, 1.807) is 0 Å². The molecule has 0 spiro atoms.